The molecule has 3 heteroatoms. The average molecular weight is 670 g/mol. The van der Waals surface area contributed by atoms with Gasteiger partial charge in [0.1, 0.15) is 16.9 Å². The van der Waals surface area contributed by atoms with Gasteiger partial charge in [0.25, 0.3) is 0 Å². The van der Waals surface area contributed by atoms with E-state index in [-0.39, 0.29) is 16.2 Å². The van der Waals surface area contributed by atoms with Crippen molar-refractivity contribution in [2.24, 2.45) is 23.7 Å². The van der Waals surface area contributed by atoms with Gasteiger partial charge in [-0.15, -0.1) is 0 Å². The highest BCUT2D eigenvalue weighted by Crippen LogP contribution is 2.70. The summed E-state index contributed by atoms with van der Waals surface area (Å²) in [5.74, 6) is 5.17. The maximum absolute atomic E-state index is 7.28. The molecule has 1 aromatic heterocycles. The number of benzene rings is 5. The van der Waals surface area contributed by atoms with Crippen molar-refractivity contribution in [3.8, 4) is 11.5 Å². The maximum atomic E-state index is 7.28. The number of fused-ring (bicyclic) bond motifs is 6. The van der Waals surface area contributed by atoms with Crippen molar-refractivity contribution in [2.45, 2.75) is 88.9 Å². The summed E-state index contributed by atoms with van der Waals surface area (Å²) in [5.41, 5.74) is 11.2. The predicted octanol–water partition coefficient (Wildman–Crippen LogP) is 13.3. The normalized spacial score (nSPS) is 27.6. The molecule has 6 aliphatic rings. The van der Waals surface area contributed by atoms with E-state index in [4.69, 9.17) is 9.15 Å². The van der Waals surface area contributed by atoms with Crippen LogP contribution in [0.2, 0.25) is 0 Å². The zero-order valence-corrected chi connectivity index (χ0v) is 30.3. The zero-order valence-electron chi connectivity index (χ0n) is 30.3. The number of hydrogen-bond acceptors (Lipinski definition) is 3. The Balaban J connectivity index is 1.21. The van der Waals surface area contributed by atoms with Gasteiger partial charge >= 0.3 is 0 Å². The van der Waals surface area contributed by atoms with E-state index in [0.29, 0.717) is 11.8 Å². The third kappa shape index (κ3) is 4.07. The summed E-state index contributed by atoms with van der Waals surface area (Å²) < 4.78 is 13.6. The van der Waals surface area contributed by atoms with Crippen LogP contribution in [0.4, 0.5) is 17.1 Å². The first-order chi connectivity index (χ1) is 24.7. The Hall–Kier alpha value is -4.50. The molecular formula is C48H47NO2. The fourth-order valence-electron chi connectivity index (χ4n) is 12.2. The topological polar surface area (TPSA) is 25.6 Å². The highest BCUT2D eigenvalue weighted by atomic mass is 16.5. The van der Waals surface area contributed by atoms with Crippen molar-refractivity contribution in [2.75, 3.05) is 4.90 Å². The molecule has 0 saturated heterocycles. The molecule has 0 unspecified atom stereocenters. The molecule has 1 aliphatic heterocycles. The lowest BCUT2D eigenvalue weighted by molar-refractivity contribution is -0.0451. The van der Waals surface area contributed by atoms with E-state index >= 15 is 0 Å². The third-order valence-corrected chi connectivity index (χ3v) is 14.3. The average Bonchev–Trinajstić information content (AvgIpc) is 3.50. The number of nitrogens with zero attached hydrogens (tertiary/aromatic N) is 1. The molecule has 12 rings (SSSR count). The minimum atomic E-state index is -0.0125. The lowest BCUT2D eigenvalue weighted by Gasteiger charge is -2.63. The highest BCUT2D eigenvalue weighted by molar-refractivity contribution is 6.06. The molecule has 0 amide bonds. The molecule has 0 atom stereocenters. The minimum Gasteiger partial charge on any atom is -0.456 e. The monoisotopic (exact) mass is 669 g/mol. The van der Waals surface area contributed by atoms with Gasteiger partial charge in [0.05, 0.1) is 11.4 Å². The molecule has 6 aromatic rings. The van der Waals surface area contributed by atoms with E-state index in [2.05, 4.69) is 136 Å². The summed E-state index contributed by atoms with van der Waals surface area (Å²) in [5, 5.41) is 2.30. The molecule has 1 spiro atoms. The fourth-order valence-corrected chi connectivity index (χ4v) is 12.2. The van der Waals surface area contributed by atoms with Crippen molar-refractivity contribution in [1.29, 1.82) is 0 Å². The van der Waals surface area contributed by atoms with Crippen LogP contribution in [0.25, 0.3) is 21.9 Å². The molecule has 5 aromatic carbocycles. The maximum Gasteiger partial charge on any atom is 0.155 e. The number of furan rings is 1. The fraction of sp³-hybridized carbons (Fsp3) is 0.375. The van der Waals surface area contributed by atoms with E-state index in [1.165, 1.54) is 66.5 Å². The third-order valence-electron chi connectivity index (χ3n) is 14.3. The van der Waals surface area contributed by atoms with Gasteiger partial charge in [-0.25, -0.2) is 0 Å². The molecular weight excluding hydrogens is 623 g/mol. The van der Waals surface area contributed by atoms with Crippen LogP contribution in [0, 0.1) is 23.7 Å². The molecule has 0 N–H and O–H groups in total. The molecule has 5 aliphatic carbocycles. The number of para-hydroxylation sites is 3. The second-order valence-electron chi connectivity index (χ2n) is 18.0. The number of rotatable bonds is 3. The summed E-state index contributed by atoms with van der Waals surface area (Å²) in [6.07, 6.45) is 9.14. The van der Waals surface area contributed by atoms with Gasteiger partial charge in [0.15, 0.2) is 5.75 Å². The molecule has 256 valence electrons. The second-order valence-corrected chi connectivity index (χ2v) is 18.0. The minimum absolute atomic E-state index is 0.0110. The predicted molar refractivity (Wildman–Crippen MR) is 208 cm³/mol. The summed E-state index contributed by atoms with van der Waals surface area (Å²) in [6, 6.07) is 38.5. The van der Waals surface area contributed by atoms with Crippen LogP contribution >= 0.6 is 0 Å². The van der Waals surface area contributed by atoms with Gasteiger partial charge in [-0.3, -0.25) is 0 Å². The highest BCUT2D eigenvalue weighted by Gasteiger charge is 2.61. The second kappa shape index (κ2) is 10.3. The Kier molecular flexibility index (Phi) is 6.09. The Morgan fingerprint density at radius 1 is 0.569 bits per heavy atom. The van der Waals surface area contributed by atoms with Crippen LogP contribution in [-0.2, 0) is 16.2 Å². The van der Waals surface area contributed by atoms with Crippen LogP contribution in [0.3, 0.4) is 0 Å². The van der Waals surface area contributed by atoms with E-state index in [9.17, 15) is 0 Å². The molecule has 0 radical (unpaired) electrons. The first-order valence-electron chi connectivity index (χ1n) is 19.5. The van der Waals surface area contributed by atoms with E-state index in [0.717, 1.165) is 63.1 Å². The molecule has 51 heavy (non-hydrogen) atoms. The van der Waals surface area contributed by atoms with Gasteiger partial charge in [-0.05, 0) is 133 Å². The summed E-state index contributed by atoms with van der Waals surface area (Å²) in [7, 11) is 0. The van der Waals surface area contributed by atoms with E-state index in [1.807, 2.05) is 0 Å². The first-order valence-corrected chi connectivity index (χ1v) is 19.5. The van der Waals surface area contributed by atoms with Crippen molar-refractivity contribution < 1.29 is 9.15 Å². The molecule has 4 bridgehead atoms. The molecule has 2 heterocycles. The number of hydrogen-bond donors (Lipinski definition) is 0. The standard InChI is InChI=1S/C48H47NO2/c1-46(2)21-22-47(3,4)44-37(46)13-9-15-39(44)49(33-19-20-42-35(28-33)34-11-5-7-17-41(34)50-42)40-16-10-14-38-45(40)51-43-18-8-6-12-36(43)48(38)31-24-29-23-30(26-31)27-32(48)25-29/h5-20,28-32H,21-27H2,1-4H3. The van der Waals surface area contributed by atoms with Gasteiger partial charge in [0.2, 0.25) is 0 Å². The number of ether oxygens (including phenoxy) is 1. The van der Waals surface area contributed by atoms with Crippen molar-refractivity contribution in [3.63, 3.8) is 0 Å². The van der Waals surface area contributed by atoms with Crippen LogP contribution in [0.1, 0.15) is 94.9 Å². The summed E-state index contributed by atoms with van der Waals surface area (Å²) in [4.78, 5) is 2.56. The summed E-state index contributed by atoms with van der Waals surface area (Å²) >= 11 is 0. The number of anilines is 3. The van der Waals surface area contributed by atoms with Gasteiger partial charge in [-0.2, -0.15) is 0 Å². The lowest BCUT2D eigenvalue weighted by atomic mass is 9.42. The van der Waals surface area contributed by atoms with Crippen molar-refractivity contribution >= 4 is 39.0 Å². The lowest BCUT2D eigenvalue weighted by Crippen LogP contribution is -2.57. The molecule has 4 fully saturated rings. The Morgan fingerprint density at radius 3 is 2.02 bits per heavy atom. The van der Waals surface area contributed by atoms with Gasteiger partial charge in [0, 0.05) is 33.0 Å². The quantitative estimate of drug-likeness (QED) is 0.188. The Morgan fingerprint density at radius 2 is 1.22 bits per heavy atom. The van der Waals surface area contributed by atoms with Crippen molar-refractivity contribution in [3.05, 3.63) is 125 Å². The van der Waals surface area contributed by atoms with E-state index < -0.39 is 0 Å². The SMILES string of the molecule is CC1(C)CCC(C)(C)c2c(N(c3ccc4oc5ccccc5c4c3)c3cccc4c3Oc3ccccc3C43C4CC5CC(C4)CC3C5)cccc21. The first kappa shape index (κ1) is 30.2. The zero-order chi connectivity index (χ0) is 34.3. The van der Waals surface area contributed by atoms with Gasteiger partial charge in [-0.1, -0.05) is 88.4 Å². The van der Waals surface area contributed by atoms with Crippen molar-refractivity contribution in [1.82, 2.24) is 0 Å². The van der Waals surface area contributed by atoms with Crippen LogP contribution < -0.4 is 9.64 Å². The van der Waals surface area contributed by atoms with Gasteiger partial charge < -0.3 is 14.1 Å². The van der Waals surface area contributed by atoms with E-state index in [1.54, 1.807) is 0 Å². The van der Waals surface area contributed by atoms with Crippen LogP contribution in [0.5, 0.6) is 11.5 Å². The molecule has 3 nitrogen and oxygen atoms in total. The Bertz CT molecular complexity index is 2360. The van der Waals surface area contributed by atoms with Crippen LogP contribution in [-0.4, -0.2) is 0 Å². The summed E-state index contributed by atoms with van der Waals surface area (Å²) in [6.45, 7) is 9.76. The van der Waals surface area contributed by atoms with Crippen LogP contribution in [0.15, 0.2) is 108 Å². The Labute approximate surface area is 301 Å². The smallest absolute Gasteiger partial charge is 0.155 e. The largest absolute Gasteiger partial charge is 0.456 e. The molecule has 4 saturated carbocycles.